The summed E-state index contributed by atoms with van der Waals surface area (Å²) in [6.45, 7) is 4.55. The molecule has 0 amide bonds. The predicted molar refractivity (Wildman–Crippen MR) is 169 cm³/mol. The second kappa shape index (κ2) is 12.2. The minimum absolute atomic E-state index is 0.153. The van der Waals surface area contributed by atoms with Crippen LogP contribution in [0.25, 0.3) is 0 Å². The Balaban J connectivity index is 1.05. The maximum absolute atomic E-state index is 14.4. The van der Waals surface area contributed by atoms with Gasteiger partial charge >= 0.3 is 5.97 Å². The van der Waals surface area contributed by atoms with Gasteiger partial charge in [-0.1, -0.05) is 79.6 Å². The van der Waals surface area contributed by atoms with Crippen LogP contribution in [0.15, 0.2) is 78.9 Å². The fourth-order valence-corrected chi connectivity index (χ4v) is 8.34. The summed E-state index contributed by atoms with van der Waals surface area (Å²) in [7, 11) is 0. The maximum atomic E-state index is 14.4. The van der Waals surface area contributed by atoms with Crippen molar-refractivity contribution in [3.05, 3.63) is 107 Å². The van der Waals surface area contributed by atoms with Gasteiger partial charge in [-0.2, -0.15) is 0 Å². The number of likely N-dealkylation sites (tertiary alicyclic amines) is 2. The number of hydrogen-bond donors (Lipinski definition) is 1. The molecule has 5 heteroatoms. The Morgan fingerprint density at radius 1 is 0.814 bits per heavy atom. The zero-order valence-electron chi connectivity index (χ0n) is 25.2. The van der Waals surface area contributed by atoms with Gasteiger partial charge in [0.25, 0.3) is 0 Å². The Morgan fingerprint density at radius 3 is 2.23 bits per heavy atom. The van der Waals surface area contributed by atoms with E-state index in [0.29, 0.717) is 24.3 Å². The lowest BCUT2D eigenvalue weighted by molar-refractivity contribution is -0.154. The van der Waals surface area contributed by atoms with E-state index in [4.69, 9.17) is 0 Å². The first kappa shape index (κ1) is 28.7. The van der Waals surface area contributed by atoms with Crippen molar-refractivity contribution in [2.45, 2.75) is 68.7 Å². The summed E-state index contributed by atoms with van der Waals surface area (Å²) in [4.78, 5) is 18.0. The molecule has 3 aromatic rings. The van der Waals surface area contributed by atoms with Crippen molar-refractivity contribution in [3.63, 3.8) is 0 Å². The first-order chi connectivity index (χ1) is 21.0. The smallest absolute Gasteiger partial charge is 0.324 e. The summed E-state index contributed by atoms with van der Waals surface area (Å²) in [6, 6.07) is 26.9. The molecule has 43 heavy (non-hydrogen) atoms. The number of piperidine rings is 1. The number of carboxylic acids is 1. The molecule has 2 heterocycles. The highest BCUT2D eigenvalue weighted by atomic mass is 19.1. The van der Waals surface area contributed by atoms with E-state index in [1.807, 2.05) is 6.07 Å². The van der Waals surface area contributed by atoms with Crippen LogP contribution in [0.2, 0.25) is 0 Å². The first-order valence-corrected chi connectivity index (χ1v) is 16.6. The molecule has 4 nitrogen and oxygen atoms in total. The molecule has 2 saturated heterocycles. The topological polar surface area (TPSA) is 43.8 Å². The van der Waals surface area contributed by atoms with Crippen LogP contribution in [0.5, 0.6) is 0 Å². The van der Waals surface area contributed by atoms with Crippen LogP contribution in [-0.4, -0.2) is 59.1 Å². The van der Waals surface area contributed by atoms with Gasteiger partial charge in [0.15, 0.2) is 0 Å². The van der Waals surface area contributed by atoms with Crippen LogP contribution in [0, 0.1) is 23.6 Å². The Kier molecular flexibility index (Phi) is 8.13. The third-order valence-corrected chi connectivity index (χ3v) is 11.0. The lowest BCUT2D eigenvalue weighted by atomic mass is 9.85. The number of carboxylic acid groups (broad SMARTS) is 1. The molecular formula is C38H45FN2O2. The van der Waals surface area contributed by atoms with E-state index >= 15 is 0 Å². The molecule has 0 radical (unpaired) electrons. The van der Waals surface area contributed by atoms with Gasteiger partial charge in [-0.05, 0) is 110 Å². The van der Waals surface area contributed by atoms with E-state index in [1.54, 1.807) is 6.07 Å². The average molecular weight is 581 g/mol. The molecule has 4 aliphatic rings. The van der Waals surface area contributed by atoms with Crippen LogP contribution in [0.1, 0.15) is 79.0 Å². The fraction of sp³-hybridized carbons (Fsp3) is 0.500. The van der Waals surface area contributed by atoms with Gasteiger partial charge in [0.2, 0.25) is 0 Å². The third-order valence-electron chi connectivity index (χ3n) is 11.0. The van der Waals surface area contributed by atoms with E-state index in [2.05, 4.69) is 70.5 Å². The van der Waals surface area contributed by atoms with Gasteiger partial charge in [-0.25, -0.2) is 4.39 Å². The molecule has 0 aromatic heterocycles. The van der Waals surface area contributed by atoms with Gasteiger partial charge in [-0.15, -0.1) is 0 Å². The Labute approximate surface area is 255 Å². The molecule has 0 spiro atoms. The van der Waals surface area contributed by atoms with Crippen LogP contribution in [0.4, 0.5) is 4.39 Å². The number of nitrogens with zero attached hydrogens (tertiary/aromatic N) is 2. The summed E-state index contributed by atoms with van der Waals surface area (Å²) < 4.78 is 14.4. The molecule has 2 aliphatic carbocycles. The van der Waals surface area contributed by atoms with E-state index in [0.717, 1.165) is 83.1 Å². The Bertz CT molecular complexity index is 1410. The van der Waals surface area contributed by atoms with Gasteiger partial charge in [0.1, 0.15) is 11.4 Å². The predicted octanol–water partition coefficient (Wildman–Crippen LogP) is 7.35. The van der Waals surface area contributed by atoms with Crippen LogP contribution in [-0.2, 0) is 11.2 Å². The number of aliphatic carboxylic acids is 1. The minimum atomic E-state index is -0.751. The molecule has 1 N–H and O–H groups in total. The van der Waals surface area contributed by atoms with Crippen LogP contribution < -0.4 is 0 Å². The summed E-state index contributed by atoms with van der Waals surface area (Å²) in [5, 5.41) is 10.7. The molecule has 226 valence electrons. The van der Waals surface area contributed by atoms with Crippen molar-refractivity contribution in [1.29, 1.82) is 0 Å². The van der Waals surface area contributed by atoms with Crippen molar-refractivity contribution in [3.8, 4) is 0 Å². The Morgan fingerprint density at radius 2 is 1.53 bits per heavy atom. The minimum Gasteiger partial charge on any atom is -0.480 e. The quantitative estimate of drug-likeness (QED) is 0.258. The summed E-state index contributed by atoms with van der Waals surface area (Å²) >= 11 is 0. The first-order valence-electron chi connectivity index (χ1n) is 16.6. The second-order valence-electron chi connectivity index (χ2n) is 14.0. The summed E-state index contributed by atoms with van der Waals surface area (Å²) in [5.74, 6) is 0.994. The SMILES string of the molecule is O=C(O)[C@@](CC1CC1)(C1CC1)N1CC(CN2CCC(c3cccc(Cc4ccccc4)c3)CC2)[C@@H](c2cccc(F)c2)C1. The zero-order valence-corrected chi connectivity index (χ0v) is 25.2. The number of rotatable bonds is 11. The monoisotopic (exact) mass is 580 g/mol. The van der Waals surface area contributed by atoms with E-state index < -0.39 is 11.5 Å². The molecule has 1 unspecified atom stereocenters. The molecule has 3 aromatic carbocycles. The van der Waals surface area contributed by atoms with Crippen molar-refractivity contribution >= 4 is 5.97 Å². The van der Waals surface area contributed by atoms with Gasteiger partial charge in [0, 0.05) is 25.6 Å². The maximum Gasteiger partial charge on any atom is 0.324 e. The van der Waals surface area contributed by atoms with Crippen LogP contribution >= 0.6 is 0 Å². The largest absolute Gasteiger partial charge is 0.480 e. The van der Waals surface area contributed by atoms with Crippen molar-refractivity contribution in [1.82, 2.24) is 9.80 Å². The lowest BCUT2D eigenvalue weighted by Crippen LogP contribution is -2.56. The van der Waals surface area contributed by atoms with E-state index in [-0.39, 0.29) is 17.7 Å². The molecule has 7 rings (SSSR count). The highest BCUT2D eigenvalue weighted by Crippen LogP contribution is 2.53. The third kappa shape index (κ3) is 6.30. The number of hydrogen-bond acceptors (Lipinski definition) is 3. The number of carbonyl (C=O) groups is 1. The van der Waals surface area contributed by atoms with Crippen molar-refractivity contribution in [2.75, 3.05) is 32.7 Å². The van der Waals surface area contributed by atoms with Gasteiger partial charge in [0.05, 0.1) is 0 Å². The summed E-state index contributed by atoms with van der Waals surface area (Å²) in [5.41, 5.74) is 4.45. The molecular weight excluding hydrogens is 535 g/mol. The molecule has 2 saturated carbocycles. The Hall–Kier alpha value is -3.02. The van der Waals surface area contributed by atoms with E-state index in [1.165, 1.54) is 22.8 Å². The van der Waals surface area contributed by atoms with Gasteiger partial charge < -0.3 is 10.0 Å². The number of benzene rings is 3. The molecule has 4 fully saturated rings. The molecule has 2 aliphatic heterocycles. The van der Waals surface area contributed by atoms with Gasteiger partial charge in [-0.3, -0.25) is 9.69 Å². The second-order valence-corrected chi connectivity index (χ2v) is 14.0. The summed E-state index contributed by atoms with van der Waals surface area (Å²) in [6.07, 6.45) is 8.39. The van der Waals surface area contributed by atoms with Crippen LogP contribution in [0.3, 0.4) is 0 Å². The lowest BCUT2D eigenvalue weighted by Gasteiger charge is -2.39. The fourth-order valence-electron chi connectivity index (χ4n) is 8.34. The zero-order chi connectivity index (χ0) is 29.4. The standard InChI is InChI=1S/C38H45FN2O2/c39-35-11-5-10-32(22-35)36-26-41(38(37(42)43,34-14-15-34)23-28-12-13-28)25-33(36)24-40-18-16-30(17-19-40)31-9-4-8-29(21-31)20-27-6-2-1-3-7-27/h1-11,21-22,28,30,33-34,36H,12-20,23-26H2,(H,42,43)/t33?,36-,38-/m1/s1. The number of halogens is 1. The average Bonchev–Trinajstić information content (AvgIpc) is 3.96. The van der Waals surface area contributed by atoms with Crippen molar-refractivity contribution in [2.24, 2.45) is 17.8 Å². The molecule has 0 bridgehead atoms. The molecule has 3 atom stereocenters. The highest BCUT2D eigenvalue weighted by Gasteiger charge is 2.59. The normalized spacial score (nSPS) is 25.0. The highest BCUT2D eigenvalue weighted by molar-refractivity contribution is 5.80. The van der Waals surface area contributed by atoms with E-state index in [9.17, 15) is 14.3 Å². The van der Waals surface area contributed by atoms with Crippen molar-refractivity contribution < 1.29 is 14.3 Å².